The topological polar surface area (TPSA) is 118 Å². The van der Waals surface area contributed by atoms with Gasteiger partial charge in [-0.1, -0.05) is 6.07 Å². The van der Waals surface area contributed by atoms with E-state index in [0.717, 1.165) is 28.8 Å². The molecule has 0 spiro atoms. The summed E-state index contributed by atoms with van der Waals surface area (Å²) in [4.78, 5) is 13.3. The molecule has 0 saturated carbocycles. The van der Waals surface area contributed by atoms with Gasteiger partial charge in [0.2, 0.25) is 5.88 Å². The summed E-state index contributed by atoms with van der Waals surface area (Å²) in [6, 6.07) is 9.34. The van der Waals surface area contributed by atoms with Gasteiger partial charge in [0, 0.05) is 43.9 Å². The molecule has 0 aliphatic carbocycles. The zero-order chi connectivity index (χ0) is 21.3. The van der Waals surface area contributed by atoms with Crippen molar-refractivity contribution in [1.29, 1.82) is 0 Å². The van der Waals surface area contributed by atoms with Crippen LogP contribution >= 0.6 is 0 Å². The van der Waals surface area contributed by atoms with Gasteiger partial charge in [-0.05, 0) is 43.1 Å². The molecule has 0 unspecified atom stereocenters. The molecular formula is C22H27N5O3. The second-order valence-electron chi connectivity index (χ2n) is 6.71. The van der Waals surface area contributed by atoms with Crippen molar-refractivity contribution in [3.05, 3.63) is 59.5 Å². The quantitative estimate of drug-likeness (QED) is 0.491. The van der Waals surface area contributed by atoms with Crippen molar-refractivity contribution in [2.75, 3.05) is 26.9 Å². The van der Waals surface area contributed by atoms with Gasteiger partial charge < -0.3 is 25.7 Å². The monoisotopic (exact) mass is 409 g/mol. The summed E-state index contributed by atoms with van der Waals surface area (Å²) in [5.74, 6) is 2.25. The molecular weight excluding hydrogens is 382 g/mol. The zero-order valence-corrected chi connectivity index (χ0v) is 17.3. The SMILES string of the molecule is COCCOc1cc(Oc2cc(CN)ccc2-c2ncc(CCN)cn2)cc(C)n1. The van der Waals surface area contributed by atoms with E-state index in [1.807, 2.05) is 31.2 Å². The fourth-order valence-electron chi connectivity index (χ4n) is 2.85. The van der Waals surface area contributed by atoms with E-state index in [1.54, 1.807) is 25.6 Å². The first-order valence-electron chi connectivity index (χ1n) is 9.75. The highest BCUT2D eigenvalue weighted by Gasteiger charge is 2.13. The van der Waals surface area contributed by atoms with Crippen molar-refractivity contribution >= 4 is 0 Å². The van der Waals surface area contributed by atoms with Gasteiger partial charge in [0.05, 0.1) is 12.2 Å². The highest BCUT2D eigenvalue weighted by atomic mass is 16.5. The van der Waals surface area contributed by atoms with E-state index < -0.39 is 0 Å². The van der Waals surface area contributed by atoms with Crippen LogP contribution in [0.4, 0.5) is 0 Å². The molecule has 8 heteroatoms. The van der Waals surface area contributed by atoms with Crippen molar-refractivity contribution in [3.63, 3.8) is 0 Å². The number of pyridine rings is 1. The molecule has 8 nitrogen and oxygen atoms in total. The van der Waals surface area contributed by atoms with Crippen LogP contribution in [0.3, 0.4) is 0 Å². The number of nitrogens with two attached hydrogens (primary N) is 2. The highest BCUT2D eigenvalue weighted by Crippen LogP contribution is 2.33. The van der Waals surface area contributed by atoms with Crippen LogP contribution in [0.5, 0.6) is 17.4 Å². The summed E-state index contributed by atoms with van der Waals surface area (Å²) in [5.41, 5.74) is 14.9. The van der Waals surface area contributed by atoms with Crippen LogP contribution in [0, 0.1) is 6.92 Å². The lowest BCUT2D eigenvalue weighted by atomic mass is 10.1. The Kier molecular flexibility index (Phi) is 7.67. The molecule has 0 aliphatic heterocycles. The van der Waals surface area contributed by atoms with Gasteiger partial charge in [-0.25, -0.2) is 15.0 Å². The molecule has 0 atom stereocenters. The summed E-state index contributed by atoms with van der Waals surface area (Å²) in [6.07, 6.45) is 4.31. The molecule has 30 heavy (non-hydrogen) atoms. The summed E-state index contributed by atoms with van der Waals surface area (Å²) < 4.78 is 16.9. The Labute approximate surface area is 176 Å². The minimum Gasteiger partial charge on any atom is -0.475 e. The van der Waals surface area contributed by atoms with Crippen LogP contribution in [0.1, 0.15) is 16.8 Å². The number of nitrogens with zero attached hydrogens (tertiary/aromatic N) is 3. The molecule has 158 valence electrons. The Hall–Kier alpha value is -3.07. The van der Waals surface area contributed by atoms with Crippen LogP contribution < -0.4 is 20.9 Å². The Bertz CT molecular complexity index is 963. The molecule has 1 aromatic carbocycles. The smallest absolute Gasteiger partial charge is 0.217 e. The maximum Gasteiger partial charge on any atom is 0.217 e. The Morgan fingerprint density at radius 2 is 1.77 bits per heavy atom. The minimum absolute atomic E-state index is 0.397. The molecule has 0 bridgehead atoms. The molecule has 0 aliphatic rings. The normalized spacial score (nSPS) is 10.8. The van der Waals surface area contributed by atoms with E-state index in [-0.39, 0.29) is 0 Å². The number of aromatic nitrogens is 3. The van der Waals surface area contributed by atoms with E-state index in [9.17, 15) is 0 Å². The van der Waals surface area contributed by atoms with Crippen molar-refractivity contribution in [3.8, 4) is 28.8 Å². The largest absolute Gasteiger partial charge is 0.475 e. The third-order valence-electron chi connectivity index (χ3n) is 4.33. The van der Waals surface area contributed by atoms with Crippen molar-refractivity contribution < 1.29 is 14.2 Å². The minimum atomic E-state index is 0.397. The summed E-state index contributed by atoms with van der Waals surface area (Å²) >= 11 is 0. The van der Waals surface area contributed by atoms with Gasteiger partial charge in [0.15, 0.2) is 5.82 Å². The van der Waals surface area contributed by atoms with Crippen LogP contribution in [0.2, 0.25) is 0 Å². The molecule has 0 radical (unpaired) electrons. The summed E-state index contributed by atoms with van der Waals surface area (Å²) in [7, 11) is 1.62. The van der Waals surface area contributed by atoms with E-state index in [4.69, 9.17) is 25.7 Å². The van der Waals surface area contributed by atoms with E-state index in [1.165, 1.54) is 0 Å². The first-order chi connectivity index (χ1) is 14.6. The lowest BCUT2D eigenvalue weighted by Gasteiger charge is -2.14. The van der Waals surface area contributed by atoms with Gasteiger partial charge in [0.25, 0.3) is 0 Å². The molecule has 2 heterocycles. The highest BCUT2D eigenvalue weighted by molar-refractivity contribution is 5.65. The Morgan fingerprint density at radius 3 is 2.47 bits per heavy atom. The first kappa shape index (κ1) is 21.6. The van der Waals surface area contributed by atoms with Gasteiger partial charge in [-0.3, -0.25) is 0 Å². The predicted octanol–water partition coefficient (Wildman–Crippen LogP) is 2.62. The average molecular weight is 409 g/mol. The summed E-state index contributed by atoms with van der Waals surface area (Å²) in [6.45, 7) is 3.72. The van der Waals surface area contributed by atoms with E-state index in [0.29, 0.717) is 49.5 Å². The van der Waals surface area contributed by atoms with Crippen LogP contribution in [0.15, 0.2) is 42.7 Å². The predicted molar refractivity (Wildman–Crippen MR) is 115 cm³/mol. The molecule has 3 rings (SSSR count). The fourth-order valence-corrected chi connectivity index (χ4v) is 2.85. The molecule has 0 fully saturated rings. The van der Waals surface area contributed by atoms with Crippen molar-refractivity contribution in [2.24, 2.45) is 11.5 Å². The molecule has 0 amide bonds. The second-order valence-corrected chi connectivity index (χ2v) is 6.71. The van der Waals surface area contributed by atoms with Crippen molar-refractivity contribution in [2.45, 2.75) is 19.9 Å². The number of ether oxygens (including phenoxy) is 3. The number of aryl methyl sites for hydroxylation is 1. The number of methoxy groups -OCH3 is 1. The third kappa shape index (κ3) is 5.73. The number of hydrogen-bond acceptors (Lipinski definition) is 8. The molecule has 4 N–H and O–H groups in total. The lowest BCUT2D eigenvalue weighted by Crippen LogP contribution is -2.06. The standard InChI is InChI=1S/C22H27N5O3/c1-15-9-18(11-21(27-15)29-8-7-28-2)30-20-10-16(12-24)3-4-19(20)22-25-13-17(5-6-23)14-26-22/h3-4,9-11,13-14H,5-8,12,23-24H2,1-2H3. The second kappa shape index (κ2) is 10.6. The van der Waals surface area contributed by atoms with Crippen LogP contribution in [-0.2, 0) is 17.7 Å². The molecule has 2 aromatic heterocycles. The average Bonchev–Trinajstić information content (AvgIpc) is 2.74. The maximum absolute atomic E-state index is 6.21. The van der Waals surface area contributed by atoms with Crippen LogP contribution in [0.25, 0.3) is 11.4 Å². The van der Waals surface area contributed by atoms with E-state index in [2.05, 4.69) is 15.0 Å². The van der Waals surface area contributed by atoms with Crippen molar-refractivity contribution in [1.82, 2.24) is 15.0 Å². The fraction of sp³-hybridized carbons (Fsp3) is 0.318. The van der Waals surface area contributed by atoms with Gasteiger partial charge >= 0.3 is 0 Å². The number of benzene rings is 1. The van der Waals surface area contributed by atoms with Crippen LogP contribution in [-0.4, -0.2) is 41.8 Å². The number of hydrogen-bond donors (Lipinski definition) is 2. The first-order valence-corrected chi connectivity index (χ1v) is 9.75. The lowest BCUT2D eigenvalue weighted by molar-refractivity contribution is 0.143. The van der Waals surface area contributed by atoms with Gasteiger partial charge in [0.1, 0.15) is 18.1 Å². The van der Waals surface area contributed by atoms with Gasteiger partial charge in [-0.2, -0.15) is 0 Å². The molecule has 0 saturated heterocycles. The van der Waals surface area contributed by atoms with E-state index >= 15 is 0 Å². The Morgan fingerprint density at radius 1 is 0.967 bits per heavy atom. The maximum atomic E-state index is 6.21. The zero-order valence-electron chi connectivity index (χ0n) is 17.3. The molecule has 3 aromatic rings. The number of rotatable bonds is 10. The summed E-state index contributed by atoms with van der Waals surface area (Å²) in [5, 5.41) is 0. The Balaban J connectivity index is 1.91. The third-order valence-corrected chi connectivity index (χ3v) is 4.33. The van der Waals surface area contributed by atoms with Gasteiger partial charge in [-0.15, -0.1) is 0 Å².